The number of nitrogens with zero attached hydrogens (tertiary/aromatic N) is 4. The summed E-state index contributed by atoms with van der Waals surface area (Å²) in [6, 6.07) is 5.35. The lowest BCUT2D eigenvalue weighted by Crippen LogP contribution is -2.14. The molecular weight excluding hydrogens is 260 g/mol. The van der Waals surface area contributed by atoms with E-state index in [0.717, 1.165) is 13.0 Å². The van der Waals surface area contributed by atoms with Gasteiger partial charge in [-0.2, -0.15) is 0 Å². The summed E-state index contributed by atoms with van der Waals surface area (Å²) in [7, 11) is 0. The highest BCUT2D eigenvalue weighted by Gasteiger charge is 2.24. The third-order valence-electron chi connectivity index (χ3n) is 3.30. The maximum atomic E-state index is 11.3. The molecule has 3 heterocycles. The van der Waals surface area contributed by atoms with Crippen LogP contribution in [0.1, 0.15) is 16.9 Å². The van der Waals surface area contributed by atoms with Crippen molar-refractivity contribution in [3.8, 4) is 11.4 Å². The number of pyridine rings is 1. The van der Waals surface area contributed by atoms with Crippen LogP contribution < -0.4 is 0 Å². The van der Waals surface area contributed by atoms with Gasteiger partial charge in [0.15, 0.2) is 5.69 Å². The van der Waals surface area contributed by atoms with Gasteiger partial charge in [0.05, 0.1) is 12.3 Å². The maximum absolute atomic E-state index is 11.3. The Kier molecular flexibility index (Phi) is 3.42. The van der Waals surface area contributed by atoms with E-state index in [9.17, 15) is 9.90 Å². The number of ether oxygens (including phenoxy) is 1. The van der Waals surface area contributed by atoms with E-state index in [-0.39, 0.29) is 5.69 Å². The first kappa shape index (κ1) is 12.7. The second-order valence-electron chi connectivity index (χ2n) is 4.72. The highest BCUT2D eigenvalue weighted by molar-refractivity contribution is 5.92. The highest BCUT2D eigenvalue weighted by Crippen LogP contribution is 2.23. The van der Waals surface area contributed by atoms with Crippen molar-refractivity contribution in [3.05, 3.63) is 30.1 Å². The molecule has 20 heavy (non-hydrogen) atoms. The van der Waals surface area contributed by atoms with Gasteiger partial charge in [0.1, 0.15) is 5.69 Å². The third-order valence-corrected chi connectivity index (χ3v) is 3.30. The SMILES string of the molecule is O=C(O)c1nnn(CC2CCOC2)c1-c1ccccn1. The van der Waals surface area contributed by atoms with E-state index in [1.807, 2.05) is 6.07 Å². The minimum Gasteiger partial charge on any atom is -0.476 e. The molecule has 1 saturated heterocycles. The van der Waals surface area contributed by atoms with Crippen LogP contribution in [0, 0.1) is 5.92 Å². The zero-order valence-electron chi connectivity index (χ0n) is 10.8. The number of carboxylic acid groups (broad SMARTS) is 1. The van der Waals surface area contributed by atoms with Gasteiger partial charge in [0.2, 0.25) is 0 Å². The standard InChI is InChI=1S/C13H14N4O3/c18-13(19)11-12(10-3-1-2-5-14-10)17(16-15-11)7-9-4-6-20-8-9/h1-3,5,9H,4,6-8H2,(H,18,19). The largest absolute Gasteiger partial charge is 0.476 e. The quantitative estimate of drug-likeness (QED) is 0.897. The van der Waals surface area contributed by atoms with Crippen LogP contribution in [0.5, 0.6) is 0 Å². The highest BCUT2D eigenvalue weighted by atomic mass is 16.5. The van der Waals surface area contributed by atoms with Crippen molar-refractivity contribution in [2.24, 2.45) is 5.92 Å². The van der Waals surface area contributed by atoms with Crippen LogP contribution >= 0.6 is 0 Å². The van der Waals surface area contributed by atoms with E-state index in [1.165, 1.54) is 0 Å². The summed E-state index contributed by atoms with van der Waals surface area (Å²) in [5, 5.41) is 17.0. The summed E-state index contributed by atoms with van der Waals surface area (Å²) >= 11 is 0. The van der Waals surface area contributed by atoms with Crippen LogP contribution in [0.4, 0.5) is 0 Å². The molecule has 0 radical (unpaired) electrons. The van der Waals surface area contributed by atoms with Gasteiger partial charge in [-0.05, 0) is 18.6 Å². The molecule has 7 heteroatoms. The predicted molar refractivity (Wildman–Crippen MR) is 69.1 cm³/mol. The van der Waals surface area contributed by atoms with Crippen LogP contribution in [0.3, 0.4) is 0 Å². The second kappa shape index (κ2) is 5.38. The number of aromatic nitrogens is 4. The van der Waals surface area contributed by atoms with Gasteiger partial charge >= 0.3 is 5.97 Å². The Morgan fingerprint density at radius 2 is 2.40 bits per heavy atom. The first-order chi connectivity index (χ1) is 9.75. The molecule has 0 aliphatic carbocycles. The fourth-order valence-electron chi connectivity index (χ4n) is 2.31. The molecule has 0 aromatic carbocycles. The third kappa shape index (κ3) is 2.39. The van der Waals surface area contributed by atoms with Gasteiger partial charge in [0.25, 0.3) is 0 Å². The van der Waals surface area contributed by atoms with Crippen molar-refractivity contribution in [1.82, 2.24) is 20.0 Å². The lowest BCUT2D eigenvalue weighted by atomic mass is 10.1. The van der Waals surface area contributed by atoms with E-state index < -0.39 is 5.97 Å². The minimum absolute atomic E-state index is 0.0670. The molecule has 1 unspecified atom stereocenters. The summed E-state index contributed by atoms with van der Waals surface area (Å²) < 4.78 is 6.95. The molecule has 1 N–H and O–H groups in total. The molecule has 7 nitrogen and oxygen atoms in total. The average Bonchev–Trinajstić information content (AvgIpc) is 3.09. The van der Waals surface area contributed by atoms with Gasteiger partial charge in [-0.1, -0.05) is 11.3 Å². The molecule has 1 aliphatic rings. The molecule has 2 aromatic heterocycles. The topological polar surface area (TPSA) is 90.1 Å². The van der Waals surface area contributed by atoms with Gasteiger partial charge in [0, 0.05) is 25.3 Å². The van der Waals surface area contributed by atoms with Crippen molar-refractivity contribution in [1.29, 1.82) is 0 Å². The second-order valence-corrected chi connectivity index (χ2v) is 4.72. The fraction of sp³-hybridized carbons (Fsp3) is 0.385. The molecule has 0 saturated carbocycles. The predicted octanol–water partition coefficient (Wildman–Crippen LogP) is 1.07. The van der Waals surface area contributed by atoms with Crippen LogP contribution in [0.2, 0.25) is 0 Å². The molecule has 1 fully saturated rings. The van der Waals surface area contributed by atoms with Crippen molar-refractivity contribution in [2.75, 3.05) is 13.2 Å². The molecule has 1 atom stereocenters. The Morgan fingerprint density at radius 1 is 1.50 bits per heavy atom. The van der Waals surface area contributed by atoms with Crippen molar-refractivity contribution >= 4 is 5.97 Å². The molecule has 104 valence electrons. The van der Waals surface area contributed by atoms with E-state index in [0.29, 0.717) is 30.5 Å². The van der Waals surface area contributed by atoms with E-state index in [2.05, 4.69) is 15.3 Å². The smallest absolute Gasteiger partial charge is 0.358 e. The van der Waals surface area contributed by atoms with Crippen LogP contribution in [-0.2, 0) is 11.3 Å². The molecular formula is C13H14N4O3. The van der Waals surface area contributed by atoms with Crippen LogP contribution in [0.25, 0.3) is 11.4 Å². The summed E-state index contributed by atoms with van der Waals surface area (Å²) in [5.41, 5.74) is 0.946. The average molecular weight is 274 g/mol. The Balaban J connectivity index is 1.99. The number of aromatic carboxylic acids is 1. The van der Waals surface area contributed by atoms with Crippen molar-refractivity contribution < 1.29 is 14.6 Å². The maximum Gasteiger partial charge on any atom is 0.358 e. The summed E-state index contributed by atoms with van der Waals surface area (Å²) in [6.07, 6.45) is 2.57. The van der Waals surface area contributed by atoms with Gasteiger partial charge in [-0.3, -0.25) is 4.98 Å². The fourth-order valence-corrected chi connectivity index (χ4v) is 2.31. The van der Waals surface area contributed by atoms with Crippen molar-refractivity contribution in [2.45, 2.75) is 13.0 Å². The number of rotatable bonds is 4. The summed E-state index contributed by atoms with van der Waals surface area (Å²) in [5.74, 6) is -0.764. The van der Waals surface area contributed by atoms with Crippen molar-refractivity contribution in [3.63, 3.8) is 0 Å². The molecule has 0 bridgehead atoms. The Bertz CT molecular complexity index is 605. The lowest BCUT2D eigenvalue weighted by Gasteiger charge is -2.10. The zero-order chi connectivity index (χ0) is 13.9. The molecule has 2 aromatic rings. The van der Waals surface area contributed by atoms with E-state index in [1.54, 1.807) is 23.0 Å². The van der Waals surface area contributed by atoms with E-state index in [4.69, 9.17) is 4.74 Å². The number of carboxylic acids is 1. The monoisotopic (exact) mass is 274 g/mol. The molecule has 0 amide bonds. The Hall–Kier alpha value is -2.28. The summed E-state index contributed by atoms with van der Waals surface area (Å²) in [4.78, 5) is 15.5. The van der Waals surface area contributed by atoms with Gasteiger partial charge in [-0.25, -0.2) is 9.48 Å². The van der Waals surface area contributed by atoms with Gasteiger partial charge < -0.3 is 9.84 Å². The van der Waals surface area contributed by atoms with Gasteiger partial charge in [-0.15, -0.1) is 5.10 Å². The first-order valence-electron chi connectivity index (χ1n) is 6.41. The summed E-state index contributed by atoms with van der Waals surface area (Å²) in [6.45, 7) is 2.00. The number of carbonyl (C=O) groups is 1. The number of hydrogen-bond donors (Lipinski definition) is 1. The van der Waals surface area contributed by atoms with E-state index >= 15 is 0 Å². The molecule has 0 spiro atoms. The zero-order valence-corrected chi connectivity index (χ0v) is 10.8. The lowest BCUT2D eigenvalue weighted by molar-refractivity contribution is 0.0691. The Morgan fingerprint density at radius 3 is 3.05 bits per heavy atom. The van der Waals surface area contributed by atoms with Crippen LogP contribution in [-0.4, -0.2) is 44.3 Å². The normalized spacial score (nSPS) is 18.3. The first-order valence-corrected chi connectivity index (χ1v) is 6.41. The number of hydrogen-bond acceptors (Lipinski definition) is 5. The molecule has 3 rings (SSSR count). The minimum atomic E-state index is -1.10. The van der Waals surface area contributed by atoms with Crippen LogP contribution in [0.15, 0.2) is 24.4 Å². The Labute approximate surface area is 115 Å². The molecule has 1 aliphatic heterocycles.